The average molecular weight is 348 g/mol. The van der Waals surface area contributed by atoms with Crippen molar-refractivity contribution in [2.45, 2.75) is 32.3 Å². The van der Waals surface area contributed by atoms with Crippen LogP contribution in [0.25, 0.3) is 0 Å². The molecule has 1 aliphatic heterocycles. The van der Waals surface area contributed by atoms with Crippen LogP contribution in [0.3, 0.4) is 0 Å². The van der Waals surface area contributed by atoms with Gasteiger partial charge < -0.3 is 15.3 Å². The van der Waals surface area contributed by atoms with Crippen LogP contribution in [0.1, 0.15) is 48.5 Å². The Balaban J connectivity index is 1.76. The van der Waals surface area contributed by atoms with Crippen molar-refractivity contribution in [1.29, 1.82) is 0 Å². The van der Waals surface area contributed by atoms with Gasteiger partial charge >= 0.3 is 5.97 Å². The van der Waals surface area contributed by atoms with E-state index in [2.05, 4.69) is 10.1 Å². The molecule has 0 radical (unpaired) electrons. The lowest BCUT2D eigenvalue weighted by Crippen LogP contribution is -2.14. The zero-order valence-electron chi connectivity index (χ0n) is 13.3. The number of nitrogens with zero attached hydrogens (tertiary/aromatic N) is 2. The number of anilines is 1. The van der Waals surface area contributed by atoms with Crippen LogP contribution >= 0.6 is 11.6 Å². The first-order valence-corrected chi connectivity index (χ1v) is 8.10. The summed E-state index contributed by atoms with van der Waals surface area (Å²) >= 11 is 6.13. The summed E-state index contributed by atoms with van der Waals surface area (Å²) in [6, 6.07) is 1.60. The second-order valence-corrected chi connectivity index (χ2v) is 6.14. The molecule has 24 heavy (non-hydrogen) atoms. The molecule has 6 nitrogen and oxygen atoms in total. The van der Waals surface area contributed by atoms with Crippen molar-refractivity contribution in [2.24, 2.45) is 5.16 Å². The molecule has 1 atom stereocenters. The minimum Gasteiger partial charge on any atom is -0.456 e. The third-order valence-electron chi connectivity index (χ3n) is 3.79. The summed E-state index contributed by atoms with van der Waals surface area (Å²) in [5.41, 5.74) is 8.50. The van der Waals surface area contributed by atoms with Gasteiger partial charge in [-0.05, 0) is 31.4 Å². The number of allylic oxidation sites excluding steroid dienone is 2. The van der Waals surface area contributed by atoms with Crippen LogP contribution in [0, 0.1) is 0 Å². The highest BCUT2D eigenvalue weighted by Gasteiger charge is 2.26. The van der Waals surface area contributed by atoms with E-state index in [9.17, 15) is 4.79 Å². The van der Waals surface area contributed by atoms with Crippen LogP contribution in [0.5, 0.6) is 0 Å². The molecule has 3 rings (SSSR count). The number of carbonyl (C=O) groups excluding carboxylic acids is 1. The first kappa shape index (κ1) is 16.5. The van der Waals surface area contributed by atoms with Crippen molar-refractivity contribution in [1.82, 2.24) is 4.98 Å². The molecule has 1 aromatic heterocycles. The average Bonchev–Trinajstić information content (AvgIpc) is 3.02. The number of aromatic nitrogens is 1. The molecule has 0 saturated heterocycles. The van der Waals surface area contributed by atoms with Crippen LogP contribution < -0.4 is 5.73 Å². The van der Waals surface area contributed by atoms with Crippen molar-refractivity contribution in [3.8, 4) is 0 Å². The number of oxime groups is 1. The van der Waals surface area contributed by atoms with Crippen LogP contribution in [0.4, 0.5) is 5.69 Å². The van der Waals surface area contributed by atoms with E-state index in [4.69, 9.17) is 26.9 Å². The van der Waals surface area contributed by atoms with E-state index < -0.39 is 5.97 Å². The van der Waals surface area contributed by atoms with Gasteiger partial charge in [0.15, 0.2) is 11.8 Å². The number of carbonyl (C=O) groups is 1. The molecular formula is C17H18ClN3O3. The second kappa shape index (κ2) is 7.05. The number of nitrogen functional groups attached to an aromatic ring is 1. The zero-order chi connectivity index (χ0) is 17.1. The Labute approximate surface area is 145 Å². The van der Waals surface area contributed by atoms with Crippen LogP contribution in [-0.4, -0.2) is 23.3 Å². The fraction of sp³-hybridized carbons (Fsp3) is 0.353. The van der Waals surface area contributed by atoms with Crippen molar-refractivity contribution in [3.63, 3.8) is 0 Å². The van der Waals surface area contributed by atoms with Gasteiger partial charge in [-0.15, -0.1) is 0 Å². The Morgan fingerprint density at radius 1 is 1.50 bits per heavy atom. The summed E-state index contributed by atoms with van der Waals surface area (Å²) in [4.78, 5) is 21.9. The van der Waals surface area contributed by atoms with Crippen LogP contribution in [0.15, 0.2) is 35.0 Å². The maximum Gasteiger partial charge on any atom is 0.358 e. The lowest BCUT2D eigenvalue weighted by atomic mass is 10.1. The molecule has 0 saturated carbocycles. The number of hydrogen-bond donors (Lipinski definition) is 1. The molecule has 1 unspecified atom stereocenters. The minimum atomic E-state index is -0.607. The molecule has 0 bridgehead atoms. The van der Waals surface area contributed by atoms with E-state index in [1.165, 1.54) is 0 Å². The topological polar surface area (TPSA) is 86.8 Å². The predicted octanol–water partition coefficient (Wildman–Crippen LogP) is 3.59. The third kappa shape index (κ3) is 3.59. The minimum absolute atomic E-state index is 0.000193. The monoisotopic (exact) mass is 347 g/mol. The van der Waals surface area contributed by atoms with Gasteiger partial charge in [-0.2, -0.15) is 0 Å². The molecule has 1 aliphatic carbocycles. The van der Waals surface area contributed by atoms with Gasteiger partial charge in [-0.1, -0.05) is 35.0 Å². The Morgan fingerprint density at radius 2 is 2.33 bits per heavy atom. The molecule has 2 aliphatic rings. The Kier molecular flexibility index (Phi) is 4.85. The Bertz CT molecular complexity index is 756. The largest absolute Gasteiger partial charge is 0.456 e. The summed E-state index contributed by atoms with van der Waals surface area (Å²) in [5.74, 6) is -0.607. The Morgan fingerprint density at radius 3 is 3.00 bits per heavy atom. The van der Waals surface area contributed by atoms with Gasteiger partial charge in [0, 0.05) is 6.42 Å². The number of halogens is 1. The highest BCUT2D eigenvalue weighted by Crippen LogP contribution is 2.31. The first-order chi connectivity index (χ1) is 11.5. The Hall–Kier alpha value is -2.34. The van der Waals surface area contributed by atoms with Gasteiger partial charge in [0.25, 0.3) is 0 Å². The molecule has 126 valence electrons. The number of esters is 1. The smallest absolute Gasteiger partial charge is 0.358 e. The molecule has 1 aromatic rings. The van der Waals surface area contributed by atoms with E-state index in [0.717, 1.165) is 24.1 Å². The van der Waals surface area contributed by atoms with Crippen LogP contribution in [0.2, 0.25) is 5.02 Å². The van der Waals surface area contributed by atoms with E-state index >= 15 is 0 Å². The van der Waals surface area contributed by atoms with Gasteiger partial charge in [-0.25, -0.2) is 9.78 Å². The summed E-state index contributed by atoms with van der Waals surface area (Å²) in [6.45, 7) is 2.04. The number of nitrogens with two attached hydrogens (primary N) is 1. The maximum atomic E-state index is 12.3. The summed E-state index contributed by atoms with van der Waals surface area (Å²) in [6.07, 6.45) is 8.23. The van der Waals surface area contributed by atoms with E-state index in [1.54, 1.807) is 6.07 Å². The van der Waals surface area contributed by atoms with E-state index in [-0.39, 0.29) is 29.1 Å². The summed E-state index contributed by atoms with van der Waals surface area (Å²) < 4.78 is 5.31. The van der Waals surface area contributed by atoms with Crippen molar-refractivity contribution in [2.75, 3.05) is 12.3 Å². The number of hydrogen-bond acceptors (Lipinski definition) is 6. The maximum absolute atomic E-state index is 12.3. The second-order valence-electron chi connectivity index (χ2n) is 5.76. The fourth-order valence-corrected chi connectivity index (χ4v) is 2.69. The molecule has 7 heteroatoms. The number of rotatable bonds is 4. The quantitative estimate of drug-likeness (QED) is 0.841. The molecular weight excluding hydrogens is 330 g/mol. The molecule has 2 N–H and O–H groups in total. The summed E-state index contributed by atoms with van der Waals surface area (Å²) in [7, 11) is 0. The van der Waals surface area contributed by atoms with Gasteiger partial charge in [0.05, 0.1) is 22.1 Å². The van der Waals surface area contributed by atoms with E-state index in [0.29, 0.717) is 12.1 Å². The lowest BCUT2D eigenvalue weighted by Gasteiger charge is -2.13. The van der Waals surface area contributed by atoms with Crippen molar-refractivity contribution >= 4 is 29.0 Å². The normalized spacial score (nSPS) is 19.5. The predicted molar refractivity (Wildman–Crippen MR) is 92.0 cm³/mol. The lowest BCUT2D eigenvalue weighted by molar-refractivity contribution is 0.0532. The first-order valence-electron chi connectivity index (χ1n) is 7.72. The van der Waals surface area contributed by atoms with Gasteiger partial charge in [0.2, 0.25) is 0 Å². The molecule has 0 fully saturated rings. The highest BCUT2D eigenvalue weighted by molar-refractivity contribution is 6.35. The SMILES string of the molecule is CC1=NOC(c2cc(N)c(Cl)c(C(=O)OCC3=CCCC=C3)n2)C1. The number of pyridine rings is 1. The molecule has 2 heterocycles. The highest BCUT2D eigenvalue weighted by atomic mass is 35.5. The molecule has 0 spiro atoms. The standard InChI is InChI=1S/C17H18ClN3O3/c1-10-7-14(24-21-10)13-8-12(19)15(18)16(20-13)17(22)23-9-11-5-3-2-4-6-11/h3,5-6,8,14H,2,4,7,9H2,1H3,(H2,19,20). The van der Waals surface area contributed by atoms with Crippen LogP contribution in [-0.2, 0) is 9.57 Å². The molecule has 0 aromatic carbocycles. The van der Waals surface area contributed by atoms with Gasteiger partial charge in [0.1, 0.15) is 6.61 Å². The molecule has 0 amide bonds. The van der Waals surface area contributed by atoms with E-state index in [1.807, 2.05) is 25.2 Å². The fourth-order valence-electron chi connectivity index (χ4n) is 2.52. The van der Waals surface area contributed by atoms with Crippen molar-refractivity contribution < 1.29 is 14.4 Å². The number of ether oxygens (including phenoxy) is 1. The van der Waals surface area contributed by atoms with Crippen molar-refractivity contribution in [3.05, 3.63) is 46.3 Å². The summed E-state index contributed by atoms with van der Waals surface area (Å²) in [5, 5.41) is 3.98. The third-order valence-corrected chi connectivity index (χ3v) is 4.18. The van der Waals surface area contributed by atoms with Gasteiger partial charge in [-0.3, -0.25) is 0 Å². The zero-order valence-corrected chi connectivity index (χ0v) is 14.0.